The maximum atomic E-state index is 13.1. The van der Waals surface area contributed by atoms with E-state index in [1.165, 1.54) is 12.1 Å². The maximum Gasteiger partial charge on any atom is 0.243 e. The van der Waals surface area contributed by atoms with Crippen molar-refractivity contribution in [2.24, 2.45) is 4.99 Å². The number of amides is 1. The van der Waals surface area contributed by atoms with Crippen molar-refractivity contribution in [2.45, 2.75) is 6.54 Å². The van der Waals surface area contributed by atoms with E-state index in [4.69, 9.17) is 0 Å². The summed E-state index contributed by atoms with van der Waals surface area (Å²) in [6, 6.07) is 9.77. The van der Waals surface area contributed by atoms with Crippen molar-refractivity contribution in [3.8, 4) is 0 Å². The Morgan fingerprint density at radius 2 is 2.08 bits per heavy atom. The van der Waals surface area contributed by atoms with Crippen LogP contribution in [0.5, 0.6) is 0 Å². The van der Waals surface area contributed by atoms with Gasteiger partial charge in [-0.1, -0.05) is 12.1 Å². The Morgan fingerprint density at radius 3 is 2.75 bits per heavy atom. The van der Waals surface area contributed by atoms with Gasteiger partial charge < -0.3 is 16.0 Å². The fourth-order valence-electron chi connectivity index (χ4n) is 1.86. The normalized spacial score (nSPS) is 10.5. The molecule has 0 atom stereocenters. The van der Waals surface area contributed by atoms with Gasteiger partial charge in [0.15, 0.2) is 5.96 Å². The van der Waals surface area contributed by atoms with Crippen LogP contribution in [-0.2, 0) is 11.3 Å². The molecule has 128 valence electrons. The van der Waals surface area contributed by atoms with Crippen LogP contribution < -0.4 is 16.0 Å². The van der Waals surface area contributed by atoms with Gasteiger partial charge in [0.1, 0.15) is 5.82 Å². The summed E-state index contributed by atoms with van der Waals surface area (Å²) in [5.74, 6) is -0.0506. The SMILES string of the molecule is CN=C(NCC(=O)Nc1cccnc1)NCc1cccc(F)c1.I. The van der Waals surface area contributed by atoms with Gasteiger partial charge in [0.05, 0.1) is 18.4 Å². The second-order valence-corrected chi connectivity index (χ2v) is 4.70. The number of benzene rings is 1. The summed E-state index contributed by atoms with van der Waals surface area (Å²) >= 11 is 0. The summed E-state index contributed by atoms with van der Waals surface area (Å²) in [4.78, 5) is 19.7. The highest BCUT2D eigenvalue weighted by atomic mass is 127. The molecule has 8 heteroatoms. The highest BCUT2D eigenvalue weighted by Gasteiger charge is 2.04. The Hall–Kier alpha value is -2.23. The molecule has 1 amide bonds. The quantitative estimate of drug-likeness (QED) is 0.376. The lowest BCUT2D eigenvalue weighted by Gasteiger charge is -2.12. The van der Waals surface area contributed by atoms with Crippen molar-refractivity contribution < 1.29 is 9.18 Å². The van der Waals surface area contributed by atoms with Crippen molar-refractivity contribution in [3.63, 3.8) is 0 Å². The Balaban J connectivity index is 0.00000288. The lowest BCUT2D eigenvalue weighted by Crippen LogP contribution is -2.41. The monoisotopic (exact) mass is 443 g/mol. The zero-order chi connectivity index (χ0) is 16.5. The van der Waals surface area contributed by atoms with Crippen molar-refractivity contribution in [2.75, 3.05) is 18.9 Å². The van der Waals surface area contributed by atoms with E-state index < -0.39 is 0 Å². The second kappa shape index (κ2) is 10.5. The average molecular weight is 443 g/mol. The molecular formula is C16H19FIN5O. The van der Waals surface area contributed by atoms with Crippen molar-refractivity contribution in [1.82, 2.24) is 15.6 Å². The molecule has 3 N–H and O–H groups in total. The summed E-state index contributed by atoms with van der Waals surface area (Å²) < 4.78 is 13.1. The van der Waals surface area contributed by atoms with Gasteiger partial charge in [-0.2, -0.15) is 0 Å². The van der Waals surface area contributed by atoms with E-state index in [2.05, 4.69) is 25.9 Å². The van der Waals surface area contributed by atoms with E-state index in [1.54, 1.807) is 43.7 Å². The van der Waals surface area contributed by atoms with Gasteiger partial charge in [0.2, 0.25) is 5.91 Å². The summed E-state index contributed by atoms with van der Waals surface area (Å²) in [5.41, 5.74) is 1.41. The number of aliphatic imine (C=N–C) groups is 1. The van der Waals surface area contributed by atoms with Crippen LogP contribution in [0.4, 0.5) is 10.1 Å². The summed E-state index contributed by atoms with van der Waals surface area (Å²) in [6.45, 7) is 0.458. The number of hydrogen-bond acceptors (Lipinski definition) is 3. The molecule has 0 saturated carbocycles. The first kappa shape index (κ1) is 19.8. The van der Waals surface area contributed by atoms with Gasteiger partial charge in [-0.15, -0.1) is 24.0 Å². The molecule has 2 aromatic rings. The molecule has 24 heavy (non-hydrogen) atoms. The molecular weight excluding hydrogens is 424 g/mol. The fraction of sp³-hybridized carbons (Fsp3) is 0.188. The topological polar surface area (TPSA) is 78.4 Å². The molecule has 1 aromatic heterocycles. The highest BCUT2D eigenvalue weighted by molar-refractivity contribution is 14.0. The predicted octanol–water partition coefficient (Wildman–Crippen LogP) is 2.14. The lowest BCUT2D eigenvalue weighted by atomic mass is 10.2. The van der Waals surface area contributed by atoms with E-state index in [0.29, 0.717) is 18.2 Å². The van der Waals surface area contributed by atoms with Crippen LogP contribution in [0.1, 0.15) is 5.56 Å². The predicted molar refractivity (Wildman–Crippen MR) is 103 cm³/mol. The van der Waals surface area contributed by atoms with Gasteiger partial charge in [0.25, 0.3) is 0 Å². The van der Waals surface area contributed by atoms with Gasteiger partial charge in [-0.05, 0) is 29.8 Å². The minimum absolute atomic E-state index is 0. The number of hydrogen-bond donors (Lipinski definition) is 3. The number of anilines is 1. The van der Waals surface area contributed by atoms with Crippen LogP contribution in [0.25, 0.3) is 0 Å². The van der Waals surface area contributed by atoms with Gasteiger partial charge >= 0.3 is 0 Å². The first-order valence-electron chi connectivity index (χ1n) is 7.06. The Bertz CT molecular complexity index is 681. The van der Waals surface area contributed by atoms with Gasteiger partial charge in [-0.3, -0.25) is 14.8 Å². The number of rotatable bonds is 5. The summed E-state index contributed by atoms with van der Waals surface area (Å²) in [5, 5.41) is 8.61. The number of carbonyl (C=O) groups excluding carboxylic acids is 1. The molecule has 0 aliphatic heterocycles. The van der Waals surface area contributed by atoms with E-state index in [9.17, 15) is 9.18 Å². The molecule has 0 radical (unpaired) electrons. The molecule has 1 heterocycles. The van der Waals surface area contributed by atoms with Crippen LogP contribution in [0, 0.1) is 5.82 Å². The standard InChI is InChI=1S/C16H18FN5O.HI/c1-18-16(20-9-12-4-2-5-13(17)8-12)21-11-15(23)22-14-6-3-7-19-10-14;/h2-8,10H,9,11H2,1H3,(H,22,23)(H2,18,20,21);1H. The molecule has 1 aromatic carbocycles. The zero-order valence-electron chi connectivity index (χ0n) is 13.1. The highest BCUT2D eigenvalue weighted by Crippen LogP contribution is 2.03. The minimum Gasteiger partial charge on any atom is -0.352 e. The molecule has 0 bridgehead atoms. The zero-order valence-corrected chi connectivity index (χ0v) is 15.5. The van der Waals surface area contributed by atoms with Crippen molar-refractivity contribution >= 4 is 41.5 Å². The van der Waals surface area contributed by atoms with E-state index in [-0.39, 0.29) is 42.2 Å². The third kappa shape index (κ3) is 6.90. The number of aromatic nitrogens is 1. The maximum absolute atomic E-state index is 13.1. The summed E-state index contributed by atoms with van der Waals surface area (Å²) in [6.07, 6.45) is 3.20. The number of pyridine rings is 1. The smallest absolute Gasteiger partial charge is 0.243 e. The average Bonchev–Trinajstić information content (AvgIpc) is 2.56. The van der Waals surface area contributed by atoms with Crippen LogP contribution in [0.3, 0.4) is 0 Å². The Kier molecular flexibility index (Phi) is 8.69. The third-order valence-corrected chi connectivity index (χ3v) is 2.93. The van der Waals surface area contributed by atoms with E-state index in [0.717, 1.165) is 5.56 Å². The number of guanidine groups is 1. The lowest BCUT2D eigenvalue weighted by molar-refractivity contribution is -0.115. The number of nitrogens with one attached hydrogen (secondary N) is 3. The molecule has 0 aliphatic rings. The second-order valence-electron chi connectivity index (χ2n) is 4.70. The van der Waals surface area contributed by atoms with Gasteiger partial charge in [0, 0.05) is 19.8 Å². The number of carbonyl (C=O) groups is 1. The number of halogens is 2. The molecule has 0 spiro atoms. The van der Waals surface area contributed by atoms with Crippen molar-refractivity contribution in [1.29, 1.82) is 0 Å². The first-order chi connectivity index (χ1) is 11.2. The van der Waals surface area contributed by atoms with E-state index >= 15 is 0 Å². The molecule has 6 nitrogen and oxygen atoms in total. The van der Waals surface area contributed by atoms with Crippen LogP contribution in [0.15, 0.2) is 53.8 Å². The van der Waals surface area contributed by atoms with E-state index in [1.807, 2.05) is 0 Å². The Morgan fingerprint density at radius 1 is 1.25 bits per heavy atom. The molecule has 0 fully saturated rings. The molecule has 2 rings (SSSR count). The van der Waals surface area contributed by atoms with Crippen LogP contribution >= 0.6 is 24.0 Å². The van der Waals surface area contributed by atoms with Gasteiger partial charge in [-0.25, -0.2) is 4.39 Å². The largest absolute Gasteiger partial charge is 0.352 e. The Labute approximate surface area is 157 Å². The molecule has 0 aliphatic carbocycles. The molecule has 0 saturated heterocycles. The van der Waals surface area contributed by atoms with Crippen molar-refractivity contribution in [3.05, 3.63) is 60.2 Å². The van der Waals surface area contributed by atoms with Crippen LogP contribution in [0.2, 0.25) is 0 Å². The first-order valence-corrected chi connectivity index (χ1v) is 7.06. The molecule has 0 unspecified atom stereocenters. The summed E-state index contributed by atoms with van der Waals surface area (Å²) in [7, 11) is 1.60. The number of nitrogens with zero attached hydrogens (tertiary/aromatic N) is 2. The fourth-order valence-corrected chi connectivity index (χ4v) is 1.86. The third-order valence-electron chi connectivity index (χ3n) is 2.93. The minimum atomic E-state index is -0.289. The van der Waals surface area contributed by atoms with Crippen LogP contribution in [-0.4, -0.2) is 30.4 Å².